The number of halogens is 1. The van der Waals surface area contributed by atoms with Crippen molar-refractivity contribution >= 4 is 26.3 Å². The number of sulfone groups is 1. The Balaban J connectivity index is 1.42. The number of thiazole rings is 1. The molecule has 0 bridgehead atoms. The summed E-state index contributed by atoms with van der Waals surface area (Å²) in [4.78, 5) is 9.53. The molecule has 0 aliphatic carbocycles. The maximum absolute atomic E-state index is 13.2. The molecule has 0 aliphatic heterocycles. The predicted octanol–water partition coefficient (Wildman–Crippen LogP) is 3.27. The lowest BCUT2D eigenvalue weighted by atomic mass is 10.1. The van der Waals surface area contributed by atoms with E-state index < -0.39 is 9.84 Å². The summed E-state index contributed by atoms with van der Waals surface area (Å²) in [6.45, 7) is 5.81. The number of nitrogens with one attached hydrogen (secondary N) is 2. The van der Waals surface area contributed by atoms with Crippen molar-refractivity contribution in [2.45, 2.75) is 32.9 Å². The molecular weight excluding hydrogens is 437 g/mol. The van der Waals surface area contributed by atoms with Crippen molar-refractivity contribution in [3.63, 3.8) is 0 Å². The highest BCUT2D eigenvalue weighted by molar-refractivity contribution is 7.91. The fraction of sp³-hybridized carbons (Fsp3) is 0.429. The average molecular weight is 466 g/mol. The van der Waals surface area contributed by atoms with Crippen LogP contribution < -0.4 is 10.6 Å². The Morgan fingerprint density at radius 2 is 1.97 bits per heavy atom. The number of nitrogens with zero attached hydrogens (tertiary/aromatic N) is 3. The number of hydrogen-bond acceptors (Lipinski definition) is 7. The molecule has 0 amide bonds. The fourth-order valence-electron chi connectivity index (χ4n) is 3.10. The summed E-state index contributed by atoms with van der Waals surface area (Å²) < 4.78 is 38.5. The lowest BCUT2D eigenvalue weighted by molar-refractivity contribution is 0.577. The highest BCUT2D eigenvalue weighted by Gasteiger charge is 2.12. The molecule has 0 aliphatic rings. The van der Waals surface area contributed by atoms with E-state index in [1.54, 1.807) is 31.6 Å². The van der Waals surface area contributed by atoms with Gasteiger partial charge in [-0.3, -0.25) is 0 Å². The smallest absolute Gasteiger partial charge is 0.182 e. The molecule has 0 unspecified atom stereocenters. The van der Waals surface area contributed by atoms with Gasteiger partial charge in [0.2, 0.25) is 0 Å². The van der Waals surface area contributed by atoms with E-state index in [-0.39, 0.29) is 23.4 Å². The Morgan fingerprint density at radius 3 is 2.71 bits per heavy atom. The van der Waals surface area contributed by atoms with Crippen LogP contribution in [0, 0.1) is 5.82 Å². The standard InChI is InChI=1S/C21H28FN5O2S2/c1-3-31(28,29)11-8-20-14-26-21(30-20)25-10-9-23-12-19-13-24-15-27(19)16(2)17-4-6-18(22)7-5-17/h4-7,13-16,23H,3,8-12H2,1-2H3,(H,25,26)/t16-/m1/s1. The van der Waals surface area contributed by atoms with Crippen molar-refractivity contribution < 1.29 is 12.8 Å². The van der Waals surface area contributed by atoms with Crippen LogP contribution in [0.2, 0.25) is 0 Å². The van der Waals surface area contributed by atoms with Gasteiger partial charge in [0.1, 0.15) is 15.7 Å². The maximum Gasteiger partial charge on any atom is 0.182 e. The molecule has 3 aromatic rings. The summed E-state index contributed by atoms with van der Waals surface area (Å²) >= 11 is 1.49. The molecule has 1 aromatic carbocycles. The molecule has 2 N–H and O–H groups in total. The van der Waals surface area contributed by atoms with Crippen molar-refractivity contribution in [3.05, 3.63) is 64.9 Å². The SMILES string of the molecule is CCS(=O)(=O)CCc1cnc(NCCNCc2cncn2[C@H](C)c2ccc(F)cc2)s1. The minimum atomic E-state index is -2.96. The molecular formula is C21H28FN5O2S2. The Bertz CT molecular complexity index is 1060. The van der Waals surface area contributed by atoms with E-state index in [1.807, 2.05) is 6.20 Å². The third-order valence-corrected chi connectivity index (χ3v) is 7.77. The molecule has 31 heavy (non-hydrogen) atoms. The second-order valence-electron chi connectivity index (χ2n) is 7.24. The second-order valence-corrected chi connectivity index (χ2v) is 10.8. The maximum atomic E-state index is 13.2. The van der Waals surface area contributed by atoms with Crippen LogP contribution in [0.3, 0.4) is 0 Å². The van der Waals surface area contributed by atoms with Crippen LogP contribution in [0.25, 0.3) is 0 Å². The molecule has 0 fully saturated rings. The highest BCUT2D eigenvalue weighted by Crippen LogP contribution is 2.20. The van der Waals surface area contributed by atoms with Crippen LogP contribution >= 0.6 is 11.3 Å². The Kier molecular flexibility index (Phi) is 8.16. The Morgan fingerprint density at radius 1 is 1.19 bits per heavy atom. The normalized spacial score (nSPS) is 12.7. The van der Waals surface area contributed by atoms with Crippen LogP contribution in [0.15, 0.2) is 43.0 Å². The molecule has 3 rings (SSSR count). The van der Waals surface area contributed by atoms with Gasteiger partial charge in [-0.15, -0.1) is 11.3 Å². The Labute approximate surface area is 186 Å². The van der Waals surface area contributed by atoms with Crippen LogP contribution in [0.1, 0.15) is 36.0 Å². The summed E-state index contributed by atoms with van der Waals surface area (Å²) in [6, 6.07) is 6.59. The lowest BCUT2D eigenvalue weighted by Crippen LogP contribution is -2.23. The zero-order valence-electron chi connectivity index (χ0n) is 17.7. The van der Waals surface area contributed by atoms with Gasteiger partial charge in [-0.1, -0.05) is 19.1 Å². The van der Waals surface area contributed by atoms with Crippen molar-refractivity contribution in [3.8, 4) is 0 Å². The highest BCUT2D eigenvalue weighted by atomic mass is 32.2. The van der Waals surface area contributed by atoms with E-state index in [9.17, 15) is 12.8 Å². The van der Waals surface area contributed by atoms with E-state index in [0.29, 0.717) is 19.5 Å². The first-order chi connectivity index (χ1) is 14.9. The largest absolute Gasteiger partial charge is 0.360 e. The number of rotatable bonds is 12. The molecule has 2 heterocycles. The number of benzene rings is 1. The van der Waals surface area contributed by atoms with Crippen LogP contribution in [-0.4, -0.2) is 47.5 Å². The minimum absolute atomic E-state index is 0.0586. The molecule has 7 nitrogen and oxygen atoms in total. The second kappa shape index (κ2) is 10.8. The summed E-state index contributed by atoms with van der Waals surface area (Å²) in [5.74, 6) is 0.0928. The van der Waals surface area contributed by atoms with E-state index in [1.165, 1.54) is 23.5 Å². The summed E-state index contributed by atoms with van der Waals surface area (Å²) in [7, 11) is -2.96. The molecule has 0 spiro atoms. The molecule has 0 saturated heterocycles. The van der Waals surface area contributed by atoms with Gasteiger partial charge in [-0.2, -0.15) is 0 Å². The lowest BCUT2D eigenvalue weighted by Gasteiger charge is -2.17. The first-order valence-corrected chi connectivity index (χ1v) is 12.9. The zero-order valence-corrected chi connectivity index (χ0v) is 19.3. The summed E-state index contributed by atoms with van der Waals surface area (Å²) in [6.07, 6.45) is 5.86. The van der Waals surface area contributed by atoms with Crippen molar-refractivity contribution in [2.24, 2.45) is 0 Å². The van der Waals surface area contributed by atoms with Crippen molar-refractivity contribution in [2.75, 3.05) is 29.9 Å². The van der Waals surface area contributed by atoms with Gasteiger partial charge in [-0.25, -0.2) is 22.8 Å². The third-order valence-electron chi connectivity index (χ3n) is 5.05. The van der Waals surface area contributed by atoms with Gasteiger partial charge < -0.3 is 15.2 Å². The van der Waals surface area contributed by atoms with Gasteiger partial charge in [0.05, 0.1) is 23.8 Å². The number of aromatic nitrogens is 3. The quantitative estimate of drug-likeness (QED) is 0.399. The molecule has 10 heteroatoms. The van der Waals surface area contributed by atoms with Gasteiger partial charge in [0, 0.05) is 42.7 Å². The number of anilines is 1. The van der Waals surface area contributed by atoms with Crippen LogP contribution in [0.5, 0.6) is 0 Å². The van der Waals surface area contributed by atoms with E-state index >= 15 is 0 Å². The minimum Gasteiger partial charge on any atom is -0.360 e. The molecule has 168 valence electrons. The molecule has 0 radical (unpaired) electrons. The van der Waals surface area contributed by atoms with Crippen molar-refractivity contribution in [1.82, 2.24) is 19.9 Å². The van der Waals surface area contributed by atoms with Gasteiger partial charge in [0.25, 0.3) is 0 Å². The number of aryl methyl sites for hydroxylation is 1. The van der Waals surface area contributed by atoms with E-state index in [2.05, 4.69) is 32.1 Å². The van der Waals surface area contributed by atoms with Crippen molar-refractivity contribution in [1.29, 1.82) is 0 Å². The van der Waals surface area contributed by atoms with E-state index in [4.69, 9.17) is 0 Å². The first-order valence-electron chi connectivity index (χ1n) is 10.2. The molecule has 2 aromatic heterocycles. The summed E-state index contributed by atoms with van der Waals surface area (Å²) in [5.41, 5.74) is 2.07. The van der Waals surface area contributed by atoms with Crippen LogP contribution in [-0.2, 0) is 22.8 Å². The Hall–Kier alpha value is -2.30. The zero-order chi connectivity index (χ0) is 22.3. The monoisotopic (exact) mass is 465 g/mol. The summed E-state index contributed by atoms with van der Waals surface area (Å²) in [5, 5.41) is 7.44. The van der Waals surface area contributed by atoms with Gasteiger partial charge >= 0.3 is 0 Å². The van der Waals surface area contributed by atoms with Crippen LogP contribution in [0.4, 0.5) is 9.52 Å². The fourth-order valence-corrected chi connectivity index (χ4v) is 4.89. The predicted molar refractivity (Wildman–Crippen MR) is 123 cm³/mol. The molecule has 1 atom stereocenters. The van der Waals surface area contributed by atoms with E-state index in [0.717, 1.165) is 27.8 Å². The van der Waals surface area contributed by atoms with Gasteiger partial charge in [0.15, 0.2) is 5.13 Å². The number of hydrogen-bond donors (Lipinski definition) is 2. The van der Waals surface area contributed by atoms with Gasteiger partial charge in [-0.05, 0) is 31.0 Å². The third kappa shape index (κ3) is 6.84. The molecule has 0 saturated carbocycles. The number of imidazole rings is 1. The first kappa shape index (κ1) is 23.4. The topological polar surface area (TPSA) is 88.9 Å². The average Bonchev–Trinajstić information content (AvgIpc) is 3.42.